The maximum absolute atomic E-state index is 12.9. The third kappa shape index (κ3) is 2.40. The first-order valence-corrected chi connectivity index (χ1v) is 7.98. The van der Waals surface area contributed by atoms with Crippen molar-refractivity contribution >= 4 is 10.0 Å². The van der Waals surface area contributed by atoms with Crippen molar-refractivity contribution < 1.29 is 21.6 Å². The van der Waals surface area contributed by atoms with Crippen LogP contribution in [0.3, 0.4) is 0 Å². The van der Waals surface area contributed by atoms with Gasteiger partial charge in [-0.3, -0.25) is 0 Å². The largest absolute Gasteiger partial charge is 0.511 e. The van der Waals surface area contributed by atoms with Crippen molar-refractivity contribution in [2.45, 2.75) is 17.6 Å². The molecule has 0 N–H and O–H groups in total. The molecule has 0 saturated carbocycles. The number of halogens is 3. The summed E-state index contributed by atoms with van der Waals surface area (Å²) >= 11 is 0. The van der Waals surface area contributed by atoms with Crippen LogP contribution in [0.1, 0.15) is 23.2 Å². The quantitative estimate of drug-likeness (QED) is 0.807. The molecule has 1 aliphatic heterocycles. The molecule has 3 rings (SSSR count). The van der Waals surface area contributed by atoms with Gasteiger partial charge in [-0.25, -0.2) is 8.42 Å². The highest BCUT2D eigenvalue weighted by Crippen LogP contribution is 2.58. The number of nitrogens with zero attached hydrogens (tertiary/aromatic N) is 1. The predicted molar refractivity (Wildman–Crippen MR) is 75.2 cm³/mol. The van der Waals surface area contributed by atoms with Gasteiger partial charge >= 0.3 is 15.5 Å². The third-order valence-corrected chi connectivity index (χ3v) is 5.20. The average Bonchev–Trinajstić information content (AvgIpc) is 3.24. The van der Waals surface area contributed by atoms with E-state index >= 15 is 0 Å². The van der Waals surface area contributed by atoms with E-state index in [9.17, 15) is 21.6 Å². The van der Waals surface area contributed by atoms with Gasteiger partial charge in [0.2, 0.25) is 0 Å². The summed E-state index contributed by atoms with van der Waals surface area (Å²) in [6, 6.07) is 15.0. The van der Waals surface area contributed by atoms with Gasteiger partial charge < -0.3 is 0 Å². The molecular weight excluding hydrogens is 315 g/mol. The Morgan fingerprint density at radius 1 is 0.773 bits per heavy atom. The van der Waals surface area contributed by atoms with Gasteiger partial charge in [0.1, 0.15) is 0 Å². The zero-order valence-corrected chi connectivity index (χ0v) is 12.1. The fourth-order valence-corrected chi connectivity index (χ4v) is 3.85. The minimum Gasteiger partial charge on any atom is -0.203 e. The molecule has 0 aromatic heterocycles. The number of alkyl halides is 3. The van der Waals surface area contributed by atoms with Gasteiger partial charge in [0.25, 0.3) is 0 Å². The summed E-state index contributed by atoms with van der Waals surface area (Å²) in [5, 5.41) is 0. The molecule has 1 saturated heterocycles. The molecule has 1 aliphatic rings. The normalized spacial score (nSPS) is 25.0. The predicted octanol–water partition coefficient (Wildman–Crippen LogP) is 3.63. The van der Waals surface area contributed by atoms with Crippen molar-refractivity contribution in [1.82, 2.24) is 4.31 Å². The first-order chi connectivity index (χ1) is 10.3. The maximum atomic E-state index is 12.9. The van der Waals surface area contributed by atoms with Crippen molar-refractivity contribution in [2.75, 3.05) is 0 Å². The molecular formula is C15H12F3NO2S. The summed E-state index contributed by atoms with van der Waals surface area (Å²) in [6.07, 6.45) is 0. The Morgan fingerprint density at radius 3 is 1.45 bits per heavy atom. The first-order valence-electron chi connectivity index (χ1n) is 6.54. The van der Waals surface area contributed by atoms with Crippen LogP contribution in [0, 0.1) is 0 Å². The van der Waals surface area contributed by atoms with Gasteiger partial charge in [-0.1, -0.05) is 60.7 Å². The first kappa shape index (κ1) is 15.1. The second-order valence-corrected chi connectivity index (χ2v) is 6.83. The van der Waals surface area contributed by atoms with Crippen LogP contribution in [-0.2, 0) is 10.0 Å². The summed E-state index contributed by atoms with van der Waals surface area (Å²) in [4.78, 5) is 0. The van der Waals surface area contributed by atoms with E-state index in [0.717, 1.165) is 0 Å². The minimum absolute atomic E-state index is 0.525. The van der Waals surface area contributed by atoms with E-state index in [2.05, 4.69) is 0 Å². The van der Waals surface area contributed by atoms with Crippen LogP contribution in [0.5, 0.6) is 0 Å². The molecule has 0 amide bonds. The number of hydrogen-bond donors (Lipinski definition) is 0. The topological polar surface area (TPSA) is 37.1 Å². The Bertz CT molecular complexity index is 715. The van der Waals surface area contributed by atoms with Crippen LogP contribution in [0.4, 0.5) is 13.2 Å². The van der Waals surface area contributed by atoms with Crippen molar-refractivity contribution in [3.8, 4) is 0 Å². The Hall–Kier alpha value is -1.86. The second kappa shape index (κ2) is 5.10. The highest BCUT2D eigenvalue weighted by atomic mass is 32.2. The van der Waals surface area contributed by atoms with Gasteiger partial charge in [0.05, 0.1) is 12.1 Å². The van der Waals surface area contributed by atoms with E-state index in [1.54, 1.807) is 60.7 Å². The summed E-state index contributed by atoms with van der Waals surface area (Å²) < 4.78 is 62.7. The average molecular weight is 327 g/mol. The van der Waals surface area contributed by atoms with E-state index in [4.69, 9.17) is 0 Å². The van der Waals surface area contributed by atoms with Crippen LogP contribution >= 0.6 is 0 Å². The molecule has 2 aromatic carbocycles. The molecule has 7 heteroatoms. The number of hydrogen-bond acceptors (Lipinski definition) is 2. The lowest BCUT2D eigenvalue weighted by Crippen LogP contribution is -2.30. The number of sulfonamides is 1. The Morgan fingerprint density at radius 2 is 1.14 bits per heavy atom. The Labute approximate surface area is 126 Å². The number of rotatable bonds is 3. The Balaban J connectivity index is 2.04. The molecule has 0 radical (unpaired) electrons. The molecule has 1 heterocycles. The monoisotopic (exact) mass is 327 g/mol. The summed E-state index contributed by atoms with van der Waals surface area (Å²) in [5.41, 5.74) is -4.21. The van der Waals surface area contributed by atoms with Crippen molar-refractivity contribution in [1.29, 1.82) is 0 Å². The standard InChI is InChI=1S/C15H12F3NO2S/c16-15(17,18)22(20,21)19-13(11-7-3-1-4-8-11)14(19)12-9-5-2-6-10-12/h1-10,13-14H/t13-,14+,19?. The molecule has 0 bridgehead atoms. The van der Waals surface area contributed by atoms with Crippen molar-refractivity contribution in [3.05, 3.63) is 71.8 Å². The van der Waals surface area contributed by atoms with Crippen LogP contribution in [-0.4, -0.2) is 18.2 Å². The third-order valence-electron chi connectivity index (χ3n) is 3.61. The number of benzene rings is 2. The smallest absolute Gasteiger partial charge is 0.203 e. The molecule has 0 aliphatic carbocycles. The molecule has 1 fully saturated rings. The SMILES string of the molecule is O=S(=O)(N1[C@H](c2ccccc2)[C@@H]1c1ccccc1)C(F)(F)F. The minimum atomic E-state index is -5.36. The molecule has 3 atom stereocenters. The molecule has 116 valence electrons. The fraction of sp³-hybridized carbons (Fsp3) is 0.200. The van der Waals surface area contributed by atoms with Crippen LogP contribution in [0.25, 0.3) is 0 Å². The molecule has 0 spiro atoms. The van der Waals surface area contributed by atoms with Crippen LogP contribution in [0.15, 0.2) is 60.7 Å². The van der Waals surface area contributed by atoms with Crippen molar-refractivity contribution in [2.24, 2.45) is 0 Å². The highest BCUT2D eigenvalue weighted by molar-refractivity contribution is 7.90. The molecule has 2 aromatic rings. The van der Waals surface area contributed by atoms with Gasteiger partial charge in [-0.2, -0.15) is 17.5 Å². The van der Waals surface area contributed by atoms with Gasteiger partial charge in [-0.15, -0.1) is 0 Å². The fourth-order valence-electron chi connectivity index (χ4n) is 2.59. The molecule has 1 unspecified atom stereocenters. The van der Waals surface area contributed by atoms with E-state index < -0.39 is 27.6 Å². The highest BCUT2D eigenvalue weighted by Gasteiger charge is 2.65. The second-order valence-electron chi connectivity index (χ2n) is 4.99. The lowest BCUT2D eigenvalue weighted by Gasteiger charge is -2.09. The lowest BCUT2D eigenvalue weighted by molar-refractivity contribution is -0.0469. The van der Waals surface area contributed by atoms with Crippen molar-refractivity contribution in [3.63, 3.8) is 0 Å². The maximum Gasteiger partial charge on any atom is 0.511 e. The van der Waals surface area contributed by atoms with E-state index in [0.29, 0.717) is 15.4 Å². The molecule has 3 nitrogen and oxygen atoms in total. The Kier molecular flexibility index (Phi) is 3.49. The molecule has 22 heavy (non-hydrogen) atoms. The van der Waals surface area contributed by atoms with E-state index in [-0.39, 0.29) is 0 Å². The van der Waals surface area contributed by atoms with E-state index in [1.807, 2.05) is 0 Å². The van der Waals surface area contributed by atoms with Gasteiger partial charge in [0, 0.05) is 0 Å². The van der Waals surface area contributed by atoms with Crippen LogP contribution < -0.4 is 0 Å². The summed E-state index contributed by atoms with van der Waals surface area (Å²) in [7, 11) is -5.36. The van der Waals surface area contributed by atoms with Crippen LogP contribution in [0.2, 0.25) is 0 Å². The summed E-state index contributed by atoms with van der Waals surface area (Å²) in [6.45, 7) is 0. The summed E-state index contributed by atoms with van der Waals surface area (Å²) in [5.74, 6) is 0. The zero-order chi connectivity index (χ0) is 16.0. The zero-order valence-electron chi connectivity index (χ0n) is 11.2. The van der Waals surface area contributed by atoms with Gasteiger partial charge in [-0.05, 0) is 11.1 Å². The van der Waals surface area contributed by atoms with E-state index in [1.165, 1.54) is 0 Å². The lowest BCUT2D eigenvalue weighted by atomic mass is 10.0. The van der Waals surface area contributed by atoms with Gasteiger partial charge in [0.15, 0.2) is 0 Å².